The van der Waals surface area contributed by atoms with Crippen LogP contribution in [0.25, 0.3) is 0 Å². The zero-order valence-corrected chi connectivity index (χ0v) is 10.2. The quantitative estimate of drug-likeness (QED) is 0.718. The van der Waals surface area contributed by atoms with Crippen LogP contribution in [0, 0.1) is 0 Å². The van der Waals surface area contributed by atoms with E-state index in [4.69, 9.17) is 9.47 Å². The van der Waals surface area contributed by atoms with Crippen molar-refractivity contribution in [2.45, 2.75) is 18.9 Å². The molecule has 0 N–H and O–H groups in total. The van der Waals surface area contributed by atoms with Crippen molar-refractivity contribution < 1.29 is 9.47 Å². The number of aromatic nitrogens is 2. The molecule has 17 heavy (non-hydrogen) atoms. The molecule has 1 aliphatic rings. The van der Waals surface area contributed by atoms with Gasteiger partial charge in [0.05, 0.1) is 25.5 Å². The lowest BCUT2D eigenvalue weighted by atomic mass is 10.1. The standard InChI is InChI=1S/C12H19N3O2/c1-16-8-9-17-11-2-6-15(7-3-11)12-10-13-4-5-14-12/h4-5,10-11H,2-3,6-9H2,1H3. The molecule has 5 nitrogen and oxygen atoms in total. The van der Waals surface area contributed by atoms with Crippen molar-refractivity contribution in [2.24, 2.45) is 0 Å². The van der Waals surface area contributed by atoms with Crippen molar-refractivity contribution in [2.75, 3.05) is 38.3 Å². The van der Waals surface area contributed by atoms with Gasteiger partial charge in [0, 0.05) is 32.6 Å². The molecule has 0 amide bonds. The third kappa shape index (κ3) is 3.64. The molecule has 2 heterocycles. The molecule has 1 aromatic rings. The van der Waals surface area contributed by atoms with Gasteiger partial charge in [-0.2, -0.15) is 0 Å². The maximum absolute atomic E-state index is 5.72. The maximum Gasteiger partial charge on any atom is 0.147 e. The van der Waals surface area contributed by atoms with Crippen LogP contribution in [0.5, 0.6) is 0 Å². The highest BCUT2D eigenvalue weighted by Gasteiger charge is 2.20. The fraction of sp³-hybridized carbons (Fsp3) is 0.667. The third-order valence-corrected chi connectivity index (χ3v) is 2.96. The predicted octanol–water partition coefficient (Wildman–Crippen LogP) is 1.11. The van der Waals surface area contributed by atoms with E-state index in [9.17, 15) is 0 Å². The van der Waals surface area contributed by atoms with E-state index >= 15 is 0 Å². The lowest BCUT2D eigenvalue weighted by molar-refractivity contribution is 0.00604. The van der Waals surface area contributed by atoms with Crippen LogP contribution in [0.3, 0.4) is 0 Å². The number of nitrogens with zero attached hydrogens (tertiary/aromatic N) is 3. The van der Waals surface area contributed by atoms with Gasteiger partial charge in [0.2, 0.25) is 0 Å². The molecule has 1 aromatic heterocycles. The van der Waals surface area contributed by atoms with Gasteiger partial charge in [-0.3, -0.25) is 4.98 Å². The maximum atomic E-state index is 5.72. The van der Waals surface area contributed by atoms with Gasteiger partial charge in [0.25, 0.3) is 0 Å². The van der Waals surface area contributed by atoms with Crippen LogP contribution in [0.1, 0.15) is 12.8 Å². The average Bonchev–Trinajstić information content (AvgIpc) is 2.41. The first kappa shape index (κ1) is 12.3. The Morgan fingerprint density at radius 1 is 1.29 bits per heavy atom. The number of rotatable bonds is 5. The molecular formula is C12H19N3O2. The minimum absolute atomic E-state index is 0.359. The Morgan fingerprint density at radius 2 is 2.12 bits per heavy atom. The zero-order valence-electron chi connectivity index (χ0n) is 10.2. The van der Waals surface area contributed by atoms with E-state index in [1.165, 1.54) is 0 Å². The third-order valence-electron chi connectivity index (χ3n) is 2.96. The minimum Gasteiger partial charge on any atom is -0.382 e. The van der Waals surface area contributed by atoms with Crippen molar-refractivity contribution in [3.05, 3.63) is 18.6 Å². The lowest BCUT2D eigenvalue weighted by Crippen LogP contribution is -2.37. The summed E-state index contributed by atoms with van der Waals surface area (Å²) >= 11 is 0. The van der Waals surface area contributed by atoms with E-state index in [1.807, 2.05) is 6.20 Å². The van der Waals surface area contributed by atoms with E-state index in [-0.39, 0.29) is 0 Å². The molecule has 2 rings (SSSR count). The molecule has 0 unspecified atom stereocenters. The molecule has 1 saturated heterocycles. The van der Waals surface area contributed by atoms with Gasteiger partial charge in [-0.25, -0.2) is 4.98 Å². The number of methoxy groups -OCH3 is 1. The molecule has 0 atom stereocenters. The predicted molar refractivity (Wildman–Crippen MR) is 65.1 cm³/mol. The number of hydrogen-bond acceptors (Lipinski definition) is 5. The Kier molecular flexibility index (Phi) is 4.70. The van der Waals surface area contributed by atoms with Crippen LogP contribution in [0.2, 0.25) is 0 Å². The second-order valence-electron chi connectivity index (χ2n) is 4.11. The highest BCUT2D eigenvalue weighted by Crippen LogP contribution is 2.18. The lowest BCUT2D eigenvalue weighted by Gasteiger charge is -2.32. The van der Waals surface area contributed by atoms with Crippen molar-refractivity contribution >= 4 is 5.82 Å². The van der Waals surface area contributed by atoms with Crippen LogP contribution in [-0.4, -0.2) is 49.5 Å². The number of piperidine rings is 1. The molecule has 5 heteroatoms. The summed E-state index contributed by atoms with van der Waals surface area (Å²) in [6.45, 7) is 3.32. The molecular weight excluding hydrogens is 218 g/mol. The van der Waals surface area contributed by atoms with Crippen LogP contribution in [-0.2, 0) is 9.47 Å². The first-order valence-electron chi connectivity index (χ1n) is 6.01. The summed E-state index contributed by atoms with van der Waals surface area (Å²) < 4.78 is 10.7. The van der Waals surface area contributed by atoms with Crippen LogP contribution < -0.4 is 4.90 Å². The molecule has 0 aliphatic carbocycles. The van der Waals surface area contributed by atoms with Crippen LogP contribution in [0.4, 0.5) is 5.82 Å². The SMILES string of the molecule is COCCOC1CCN(c2cnccn2)CC1. The normalized spacial score (nSPS) is 17.4. The Labute approximate surface area is 102 Å². The highest BCUT2D eigenvalue weighted by molar-refractivity contribution is 5.35. The monoisotopic (exact) mass is 237 g/mol. The van der Waals surface area contributed by atoms with Gasteiger partial charge in [-0.1, -0.05) is 0 Å². The Morgan fingerprint density at radius 3 is 2.76 bits per heavy atom. The van der Waals surface area contributed by atoms with Gasteiger partial charge in [-0.05, 0) is 12.8 Å². The smallest absolute Gasteiger partial charge is 0.147 e. The van der Waals surface area contributed by atoms with Crippen molar-refractivity contribution in [1.29, 1.82) is 0 Å². The van der Waals surface area contributed by atoms with Crippen molar-refractivity contribution in [3.63, 3.8) is 0 Å². The Balaban J connectivity index is 1.74. The number of anilines is 1. The van der Waals surface area contributed by atoms with E-state index in [0.29, 0.717) is 19.3 Å². The van der Waals surface area contributed by atoms with Gasteiger partial charge in [-0.15, -0.1) is 0 Å². The molecule has 0 spiro atoms. The Hall–Kier alpha value is -1.20. The van der Waals surface area contributed by atoms with Crippen LogP contribution >= 0.6 is 0 Å². The van der Waals surface area contributed by atoms with E-state index in [0.717, 1.165) is 31.7 Å². The summed E-state index contributed by atoms with van der Waals surface area (Å²) in [5.41, 5.74) is 0. The second-order valence-corrected chi connectivity index (χ2v) is 4.11. The van der Waals surface area contributed by atoms with Gasteiger partial charge >= 0.3 is 0 Å². The second kappa shape index (κ2) is 6.51. The number of hydrogen-bond donors (Lipinski definition) is 0. The van der Waals surface area contributed by atoms with E-state index < -0.39 is 0 Å². The number of ether oxygens (including phenoxy) is 2. The molecule has 0 aromatic carbocycles. The fourth-order valence-electron chi connectivity index (χ4n) is 2.00. The molecule has 0 radical (unpaired) electrons. The summed E-state index contributed by atoms with van der Waals surface area (Å²) in [5.74, 6) is 0.961. The summed E-state index contributed by atoms with van der Waals surface area (Å²) in [7, 11) is 1.69. The van der Waals surface area contributed by atoms with Gasteiger partial charge in [0.1, 0.15) is 5.82 Å². The largest absolute Gasteiger partial charge is 0.382 e. The molecule has 94 valence electrons. The van der Waals surface area contributed by atoms with Crippen LogP contribution in [0.15, 0.2) is 18.6 Å². The molecule has 1 fully saturated rings. The minimum atomic E-state index is 0.359. The van der Waals surface area contributed by atoms with Crippen molar-refractivity contribution in [1.82, 2.24) is 9.97 Å². The summed E-state index contributed by atoms with van der Waals surface area (Å²) in [4.78, 5) is 10.6. The summed E-state index contributed by atoms with van der Waals surface area (Å²) in [6, 6.07) is 0. The first-order valence-corrected chi connectivity index (χ1v) is 6.01. The highest BCUT2D eigenvalue weighted by atomic mass is 16.5. The molecule has 0 saturated carbocycles. The first-order chi connectivity index (χ1) is 8.40. The molecule has 0 bridgehead atoms. The van der Waals surface area contributed by atoms with Gasteiger partial charge < -0.3 is 14.4 Å². The van der Waals surface area contributed by atoms with E-state index in [2.05, 4.69) is 14.9 Å². The summed E-state index contributed by atoms with van der Waals surface area (Å²) in [5, 5.41) is 0. The fourth-order valence-corrected chi connectivity index (χ4v) is 2.00. The van der Waals surface area contributed by atoms with Crippen molar-refractivity contribution in [3.8, 4) is 0 Å². The topological polar surface area (TPSA) is 47.5 Å². The zero-order chi connectivity index (χ0) is 11.9. The average molecular weight is 237 g/mol. The van der Waals surface area contributed by atoms with Gasteiger partial charge in [0.15, 0.2) is 0 Å². The van der Waals surface area contributed by atoms with E-state index in [1.54, 1.807) is 19.5 Å². The Bertz CT molecular complexity index is 313. The molecule has 1 aliphatic heterocycles. The summed E-state index contributed by atoms with van der Waals surface area (Å²) in [6.07, 6.45) is 7.69.